The fourth-order valence-corrected chi connectivity index (χ4v) is 5.60. The molecule has 50 heavy (non-hydrogen) atoms. The smallest absolute Gasteiger partial charge is 0.305 e. The predicted molar refractivity (Wildman–Crippen MR) is 214 cm³/mol. The van der Waals surface area contributed by atoms with E-state index in [1.54, 1.807) is 0 Å². The van der Waals surface area contributed by atoms with Crippen LogP contribution in [0.4, 0.5) is 0 Å². The maximum Gasteiger partial charge on any atom is 0.305 e. The first-order valence-electron chi connectivity index (χ1n) is 20.8. The number of carbonyl (C=O) groups excluding carboxylic acids is 2. The van der Waals surface area contributed by atoms with Crippen LogP contribution < -0.4 is 0 Å². The lowest BCUT2D eigenvalue weighted by Crippen LogP contribution is -2.25. The van der Waals surface area contributed by atoms with Gasteiger partial charge in [-0.2, -0.15) is 0 Å². The fraction of sp³-hybridized carbons (Fsp3) is 0.733. The maximum atomic E-state index is 12.0. The summed E-state index contributed by atoms with van der Waals surface area (Å²) in [6, 6.07) is 0. The second kappa shape index (κ2) is 41.0. The van der Waals surface area contributed by atoms with E-state index in [0.717, 1.165) is 77.0 Å². The Morgan fingerprint density at radius 2 is 0.760 bits per heavy atom. The average Bonchev–Trinajstić information content (AvgIpc) is 3.12. The second-order valence-corrected chi connectivity index (χ2v) is 13.7. The van der Waals surface area contributed by atoms with Crippen LogP contribution in [-0.2, 0) is 19.1 Å². The number of aliphatic hydroxyl groups excluding tert-OH is 1. The molecule has 0 aromatic rings. The van der Waals surface area contributed by atoms with Gasteiger partial charge in [0.25, 0.3) is 0 Å². The molecular formula is C45H78O5. The normalized spacial score (nSPS) is 12.8. The Labute approximate surface area is 309 Å². The zero-order chi connectivity index (χ0) is 36.4. The van der Waals surface area contributed by atoms with Crippen LogP contribution >= 0.6 is 0 Å². The summed E-state index contributed by atoms with van der Waals surface area (Å²) in [5.74, 6) is -0.595. The van der Waals surface area contributed by atoms with E-state index < -0.39 is 6.10 Å². The van der Waals surface area contributed by atoms with Crippen LogP contribution in [0.3, 0.4) is 0 Å². The Morgan fingerprint density at radius 1 is 0.440 bits per heavy atom. The first-order chi connectivity index (χ1) is 24.6. The van der Waals surface area contributed by atoms with E-state index >= 15 is 0 Å². The quantitative estimate of drug-likeness (QED) is 0.0397. The molecule has 5 heteroatoms. The zero-order valence-electron chi connectivity index (χ0n) is 32.6. The minimum absolute atomic E-state index is 0.127. The molecule has 0 rings (SSSR count). The van der Waals surface area contributed by atoms with Crippen molar-refractivity contribution in [2.45, 2.75) is 200 Å². The summed E-state index contributed by atoms with van der Waals surface area (Å²) < 4.78 is 10.3. The number of ether oxygens (including phenoxy) is 2. The molecule has 0 saturated carbocycles. The zero-order valence-corrected chi connectivity index (χ0v) is 32.6. The molecule has 0 radical (unpaired) electrons. The lowest BCUT2D eigenvalue weighted by atomic mass is 10.1. The number of hydrogen-bond donors (Lipinski definition) is 1. The van der Waals surface area contributed by atoms with Gasteiger partial charge in [-0.1, -0.05) is 164 Å². The van der Waals surface area contributed by atoms with E-state index in [9.17, 15) is 14.7 Å². The summed E-state index contributed by atoms with van der Waals surface area (Å²) in [5, 5.41) is 10.0. The number of allylic oxidation sites excluding steroid dienone is 10. The topological polar surface area (TPSA) is 72.8 Å². The van der Waals surface area contributed by atoms with Crippen molar-refractivity contribution in [3.05, 3.63) is 60.8 Å². The first kappa shape index (κ1) is 47.6. The maximum absolute atomic E-state index is 12.0. The average molecular weight is 699 g/mol. The third kappa shape index (κ3) is 40.0. The molecule has 0 saturated heterocycles. The number of carbonyl (C=O) groups is 2. The van der Waals surface area contributed by atoms with Crippen molar-refractivity contribution in [2.24, 2.45) is 0 Å². The largest absolute Gasteiger partial charge is 0.463 e. The highest BCUT2D eigenvalue weighted by molar-refractivity contribution is 5.69. The van der Waals surface area contributed by atoms with Crippen LogP contribution in [0.5, 0.6) is 0 Å². The van der Waals surface area contributed by atoms with Gasteiger partial charge in [0.2, 0.25) is 0 Å². The van der Waals surface area contributed by atoms with Gasteiger partial charge in [-0.3, -0.25) is 9.59 Å². The number of rotatable bonds is 37. The van der Waals surface area contributed by atoms with Gasteiger partial charge in [-0.25, -0.2) is 0 Å². The first-order valence-corrected chi connectivity index (χ1v) is 20.8. The predicted octanol–water partition coefficient (Wildman–Crippen LogP) is 13.2. The highest BCUT2D eigenvalue weighted by atomic mass is 16.6. The fourth-order valence-electron chi connectivity index (χ4n) is 5.60. The van der Waals surface area contributed by atoms with Crippen molar-refractivity contribution >= 4 is 11.9 Å². The number of unbranched alkanes of at least 4 members (excludes halogenated alkanes) is 19. The molecule has 288 valence electrons. The monoisotopic (exact) mass is 699 g/mol. The van der Waals surface area contributed by atoms with Gasteiger partial charge in [0.05, 0.1) is 0 Å². The van der Waals surface area contributed by atoms with Gasteiger partial charge in [0, 0.05) is 12.8 Å². The van der Waals surface area contributed by atoms with Gasteiger partial charge in [0.15, 0.2) is 0 Å². The molecule has 0 bridgehead atoms. The Hall–Kier alpha value is -2.40. The summed E-state index contributed by atoms with van der Waals surface area (Å²) in [6.07, 6.45) is 52.8. The molecule has 0 aromatic carbocycles. The standard InChI is InChI=1S/C45H78O5/c1-3-5-7-9-11-13-15-17-19-21-22-24-26-28-30-32-34-36-38-40-45(48)50-42-43(46)41-49-44(47)39-37-35-33-31-29-27-25-23-20-18-16-14-12-10-8-6-4-2/h6,8,12,14,17-20,25,27,43,46H,3-5,7,9-11,13,15-16,21-24,26,28-42H2,1-2H3/b8-6-,14-12-,19-17-,20-18-,27-25-/t43-/m0/s1. The van der Waals surface area contributed by atoms with Crippen molar-refractivity contribution in [1.82, 2.24) is 0 Å². The minimum atomic E-state index is -0.977. The SMILES string of the molecule is CC/C=C\C/C=C\C/C=C\C/C=C\CCCCCCC(=O)OC[C@H](O)COC(=O)CCCCCCCCCCC/C=C\CCCCCCCC. The molecule has 0 heterocycles. The van der Waals surface area contributed by atoms with Gasteiger partial charge < -0.3 is 14.6 Å². The Bertz CT molecular complexity index is 884. The van der Waals surface area contributed by atoms with Gasteiger partial charge in [-0.05, 0) is 77.0 Å². The highest BCUT2D eigenvalue weighted by Gasteiger charge is 2.12. The van der Waals surface area contributed by atoms with Crippen LogP contribution in [0.25, 0.3) is 0 Å². The Balaban J connectivity index is 3.48. The number of aliphatic hydroxyl groups is 1. The summed E-state index contributed by atoms with van der Waals surface area (Å²) in [6.45, 7) is 4.16. The van der Waals surface area contributed by atoms with Crippen LogP contribution in [0.2, 0.25) is 0 Å². The van der Waals surface area contributed by atoms with E-state index in [0.29, 0.717) is 12.8 Å². The molecule has 0 amide bonds. The molecule has 1 atom stereocenters. The van der Waals surface area contributed by atoms with Gasteiger partial charge >= 0.3 is 11.9 Å². The lowest BCUT2D eigenvalue weighted by Gasteiger charge is -2.12. The summed E-state index contributed by atoms with van der Waals surface area (Å²) >= 11 is 0. The van der Waals surface area contributed by atoms with Gasteiger partial charge in [0.1, 0.15) is 19.3 Å². The molecule has 0 aromatic heterocycles. The van der Waals surface area contributed by atoms with Crippen LogP contribution in [0.15, 0.2) is 60.8 Å². The molecule has 0 aliphatic rings. The van der Waals surface area contributed by atoms with E-state index in [-0.39, 0.29) is 25.2 Å². The minimum Gasteiger partial charge on any atom is -0.463 e. The molecule has 0 unspecified atom stereocenters. The van der Waals surface area contributed by atoms with E-state index in [1.807, 2.05) is 0 Å². The molecule has 0 aliphatic carbocycles. The lowest BCUT2D eigenvalue weighted by molar-refractivity contribution is -0.152. The Morgan fingerprint density at radius 3 is 1.16 bits per heavy atom. The summed E-state index contributed by atoms with van der Waals surface area (Å²) in [5.41, 5.74) is 0. The third-order valence-corrected chi connectivity index (χ3v) is 8.74. The van der Waals surface area contributed by atoms with E-state index in [1.165, 1.54) is 89.9 Å². The van der Waals surface area contributed by atoms with Crippen molar-refractivity contribution in [3.8, 4) is 0 Å². The van der Waals surface area contributed by atoms with Crippen molar-refractivity contribution in [3.63, 3.8) is 0 Å². The van der Waals surface area contributed by atoms with Gasteiger partial charge in [-0.15, -0.1) is 0 Å². The van der Waals surface area contributed by atoms with Crippen LogP contribution in [-0.4, -0.2) is 36.4 Å². The molecular weight excluding hydrogens is 620 g/mol. The summed E-state index contributed by atoms with van der Waals surface area (Å²) in [7, 11) is 0. The van der Waals surface area contributed by atoms with Crippen LogP contribution in [0, 0.1) is 0 Å². The highest BCUT2D eigenvalue weighted by Crippen LogP contribution is 2.13. The molecule has 0 spiro atoms. The van der Waals surface area contributed by atoms with Crippen molar-refractivity contribution in [1.29, 1.82) is 0 Å². The number of esters is 2. The molecule has 0 fully saturated rings. The second-order valence-electron chi connectivity index (χ2n) is 13.7. The Kier molecular flexibility index (Phi) is 39.1. The van der Waals surface area contributed by atoms with E-state index in [4.69, 9.17) is 9.47 Å². The van der Waals surface area contributed by atoms with E-state index in [2.05, 4.69) is 74.6 Å². The third-order valence-electron chi connectivity index (χ3n) is 8.74. The molecule has 0 aliphatic heterocycles. The van der Waals surface area contributed by atoms with Crippen molar-refractivity contribution < 1.29 is 24.2 Å². The van der Waals surface area contributed by atoms with Crippen LogP contribution in [0.1, 0.15) is 194 Å². The summed E-state index contributed by atoms with van der Waals surface area (Å²) in [4.78, 5) is 24.0. The number of hydrogen-bond acceptors (Lipinski definition) is 5. The molecule has 1 N–H and O–H groups in total. The van der Waals surface area contributed by atoms with Crippen molar-refractivity contribution in [2.75, 3.05) is 13.2 Å². The molecule has 5 nitrogen and oxygen atoms in total.